The lowest BCUT2D eigenvalue weighted by Crippen LogP contribution is -2.32. The number of imide groups is 1. The van der Waals surface area contributed by atoms with Crippen LogP contribution in [0, 0.1) is 23.7 Å². The van der Waals surface area contributed by atoms with Gasteiger partial charge in [0.15, 0.2) is 12.4 Å². The fourth-order valence-electron chi connectivity index (χ4n) is 5.27. The number of anilines is 1. The van der Waals surface area contributed by atoms with Crippen LogP contribution in [-0.2, 0) is 9.59 Å². The Morgan fingerprint density at radius 2 is 1.77 bits per heavy atom. The average molecular weight is 417 g/mol. The third kappa shape index (κ3) is 3.14. The van der Waals surface area contributed by atoms with Gasteiger partial charge in [0, 0.05) is 11.6 Å². The van der Waals surface area contributed by atoms with Crippen molar-refractivity contribution < 1.29 is 23.9 Å². The Hall–Kier alpha value is -3.41. The van der Waals surface area contributed by atoms with Crippen molar-refractivity contribution in [3.8, 4) is 11.5 Å². The molecule has 2 amide bonds. The van der Waals surface area contributed by atoms with E-state index in [1.807, 2.05) is 0 Å². The van der Waals surface area contributed by atoms with Gasteiger partial charge in [0.25, 0.3) is 0 Å². The van der Waals surface area contributed by atoms with E-state index in [2.05, 4.69) is 13.0 Å². The van der Waals surface area contributed by atoms with Gasteiger partial charge >= 0.3 is 0 Å². The maximum absolute atomic E-state index is 13.1. The molecule has 0 unspecified atom stereocenters. The molecule has 5 rings (SSSR count). The molecule has 1 aliphatic heterocycles. The summed E-state index contributed by atoms with van der Waals surface area (Å²) in [6, 6.07) is 13.7. The third-order valence-corrected chi connectivity index (χ3v) is 6.72. The molecule has 158 valence electrons. The van der Waals surface area contributed by atoms with Gasteiger partial charge in [-0.2, -0.15) is 0 Å². The Balaban J connectivity index is 1.31. The van der Waals surface area contributed by atoms with Crippen molar-refractivity contribution in [1.29, 1.82) is 0 Å². The number of Topliss-reactive ketones (excluding diaryl/α,β-unsaturated/α-hetero) is 1. The smallest absolute Gasteiger partial charge is 0.238 e. The SMILES string of the molecule is COc1cccc(C(=O)COc2cccc(N3C(=O)[C@H]4[C@H](C3=O)[C@H]3C=C(C)[C@H]4C3)c2)c1. The number of nitrogens with zero attached hydrogens (tertiary/aromatic N) is 1. The largest absolute Gasteiger partial charge is 0.497 e. The molecule has 3 aliphatic rings. The standard InChI is InChI=1S/C25H23NO5/c1-14-9-16-11-20(14)23-22(16)24(28)26(25(23)29)17-6-4-8-19(12-17)31-13-21(27)15-5-3-7-18(10-15)30-2/h3-10,12,16,20,22-23H,11,13H2,1-2H3/t16-,20+,22+,23+/m0/s1. The highest BCUT2D eigenvalue weighted by Gasteiger charge is 2.60. The van der Waals surface area contributed by atoms with Gasteiger partial charge in [-0.1, -0.05) is 29.8 Å². The number of ketones is 1. The van der Waals surface area contributed by atoms with Crippen molar-refractivity contribution in [2.24, 2.45) is 23.7 Å². The number of fused-ring (bicyclic) bond motifs is 5. The lowest BCUT2D eigenvalue weighted by Gasteiger charge is -2.19. The minimum atomic E-state index is -0.250. The van der Waals surface area contributed by atoms with E-state index in [4.69, 9.17) is 9.47 Å². The molecule has 1 heterocycles. The molecule has 2 aromatic carbocycles. The van der Waals surface area contributed by atoms with Crippen LogP contribution in [0.15, 0.2) is 60.2 Å². The van der Waals surface area contributed by atoms with Crippen molar-refractivity contribution >= 4 is 23.3 Å². The number of methoxy groups -OCH3 is 1. The molecule has 2 bridgehead atoms. The van der Waals surface area contributed by atoms with Crippen LogP contribution in [0.3, 0.4) is 0 Å². The van der Waals surface area contributed by atoms with Crippen LogP contribution in [-0.4, -0.2) is 31.3 Å². The van der Waals surface area contributed by atoms with Crippen LogP contribution in [0.5, 0.6) is 11.5 Å². The first kappa shape index (κ1) is 19.5. The van der Waals surface area contributed by atoms with Gasteiger partial charge in [-0.05, 0) is 49.4 Å². The molecule has 31 heavy (non-hydrogen) atoms. The zero-order chi connectivity index (χ0) is 21.7. The lowest BCUT2D eigenvalue weighted by atomic mass is 9.82. The van der Waals surface area contributed by atoms with Crippen molar-refractivity contribution in [3.63, 3.8) is 0 Å². The van der Waals surface area contributed by atoms with Crippen molar-refractivity contribution in [3.05, 3.63) is 65.7 Å². The molecule has 2 fully saturated rings. The summed E-state index contributed by atoms with van der Waals surface area (Å²) in [5.74, 6) is 0.433. The van der Waals surface area contributed by atoms with E-state index in [1.54, 1.807) is 55.6 Å². The number of rotatable bonds is 6. The molecule has 0 spiro atoms. The zero-order valence-corrected chi connectivity index (χ0v) is 17.4. The summed E-state index contributed by atoms with van der Waals surface area (Å²) >= 11 is 0. The Morgan fingerprint density at radius 3 is 2.58 bits per heavy atom. The van der Waals surface area contributed by atoms with Crippen LogP contribution < -0.4 is 14.4 Å². The molecule has 6 nitrogen and oxygen atoms in total. The summed E-state index contributed by atoms with van der Waals surface area (Å²) in [6.07, 6.45) is 3.06. The second-order valence-electron chi connectivity index (χ2n) is 8.42. The minimum absolute atomic E-state index is 0.125. The van der Waals surface area contributed by atoms with E-state index in [0.29, 0.717) is 22.7 Å². The van der Waals surface area contributed by atoms with Gasteiger partial charge in [-0.3, -0.25) is 14.4 Å². The van der Waals surface area contributed by atoms with E-state index >= 15 is 0 Å². The quantitative estimate of drug-likeness (QED) is 0.407. The highest BCUT2D eigenvalue weighted by molar-refractivity contribution is 6.23. The molecule has 2 aromatic rings. The molecule has 0 radical (unpaired) electrons. The predicted molar refractivity (Wildman–Crippen MR) is 114 cm³/mol. The maximum Gasteiger partial charge on any atom is 0.238 e. The maximum atomic E-state index is 13.1. The van der Waals surface area contributed by atoms with E-state index in [0.717, 1.165) is 6.42 Å². The number of hydrogen-bond donors (Lipinski definition) is 0. The summed E-state index contributed by atoms with van der Waals surface area (Å²) in [4.78, 5) is 40.0. The van der Waals surface area contributed by atoms with Gasteiger partial charge in [0.2, 0.25) is 11.8 Å². The summed E-state index contributed by atoms with van der Waals surface area (Å²) < 4.78 is 10.8. The Bertz CT molecular complexity index is 1120. The predicted octanol–water partition coefficient (Wildman–Crippen LogP) is 3.66. The highest BCUT2D eigenvalue weighted by Crippen LogP contribution is 2.55. The van der Waals surface area contributed by atoms with Crippen molar-refractivity contribution in [2.75, 3.05) is 18.6 Å². The molecule has 1 saturated carbocycles. The summed E-state index contributed by atoms with van der Waals surface area (Å²) in [7, 11) is 1.55. The molecular formula is C25H23NO5. The first-order valence-electron chi connectivity index (χ1n) is 10.4. The first-order valence-corrected chi connectivity index (χ1v) is 10.4. The summed E-state index contributed by atoms with van der Waals surface area (Å²) in [5.41, 5.74) is 2.21. The number of carbonyl (C=O) groups excluding carboxylic acids is 3. The summed E-state index contributed by atoms with van der Waals surface area (Å²) in [6.45, 7) is 1.89. The van der Waals surface area contributed by atoms with E-state index < -0.39 is 0 Å². The first-order chi connectivity index (χ1) is 15.0. The number of allylic oxidation sites excluding steroid dienone is 2. The molecule has 2 aliphatic carbocycles. The van der Waals surface area contributed by atoms with Gasteiger partial charge in [-0.25, -0.2) is 4.90 Å². The lowest BCUT2D eigenvalue weighted by molar-refractivity contribution is -0.123. The van der Waals surface area contributed by atoms with Gasteiger partial charge in [0.05, 0.1) is 24.6 Å². The fourth-order valence-corrected chi connectivity index (χ4v) is 5.27. The Morgan fingerprint density at radius 1 is 1.03 bits per heavy atom. The van der Waals surface area contributed by atoms with Crippen molar-refractivity contribution in [2.45, 2.75) is 13.3 Å². The van der Waals surface area contributed by atoms with Gasteiger partial charge in [0.1, 0.15) is 11.5 Å². The zero-order valence-electron chi connectivity index (χ0n) is 17.4. The Kier molecular flexibility index (Phi) is 4.65. The number of amides is 2. The molecule has 6 heteroatoms. The van der Waals surface area contributed by atoms with Gasteiger partial charge < -0.3 is 9.47 Å². The second kappa shape index (κ2) is 7.38. The van der Waals surface area contributed by atoms with Crippen LogP contribution >= 0.6 is 0 Å². The van der Waals surface area contributed by atoms with Gasteiger partial charge in [-0.15, -0.1) is 0 Å². The molecule has 0 aromatic heterocycles. The molecular weight excluding hydrogens is 394 g/mol. The van der Waals surface area contributed by atoms with E-state index in [1.165, 1.54) is 10.5 Å². The molecule has 1 saturated heterocycles. The molecule has 0 N–H and O–H groups in total. The van der Waals surface area contributed by atoms with Crippen LogP contribution in [0.4, 0.5) is 5.69 Å². The number of benzene rings is 2. The van der Waals surface area contributed by atoms with E-state index in [-0.39, 0.29) is 47.9 Å². The minimum Gasteiger partial charge on any atom is -0.497 e. The fraction of sp³-hybridized carbons (Fsp3) is 0.320. The van der Waals surface area contributed by atoms with Crippen LogP contribution in [0.25, 0.3) is 0 Å². The second-order valence-corrected chi connectivity index (χ2v) is 8.42. The monoisotopic (exact) mass is 417 g/mol. The normalized spacial score (nSPS) is 26.1. The number of ether oxygens (including phenoxy) is 2. The average Bonchev–Trinajstić information content (AvgIpc) is 3.42. The topological polar surface area (TPSA) is 72.9 Å². The van der Waals surface area contributed by atoms with E-state index in [9.17, 15) is 14.4 Å². The molecule has 4 atom stereocenters. The number of carbonyl (C=O) groups is 3. The van der Waals surface area contributed by atoms with Crippen LogP contribution in [0.1, 0.15) is 23.7 Å². The van der Waals surface area contributed by atoms with Crippen molar-refractivity contribution in [1.82, 2.24) is 0 Å². The highest BCUT2D eigenvalue weighted by atomic mass is 16.5. The number of hydrogen-bond acceptors (Lipinski definition) is 5. The van der Waals surface area contributed by atoms with Crippen LogP contribution in [0.2, 0.25) is 0 Å². The third-order valence-electron chi connectivity index (χ3n) is 6.72. The Labute approximate surface area is 180 Å². The summed E-state index contributed by atoms with van der Waals surface area (Å²) in [5, 5.41) is 0.